The Balaban J connectivity index is 2.13. The van der Waals surface area contributed by atoms with Crippen LogP contribution in [0, 0.1) is 19.8 Å². The van der Waals surface area contributed by atoms with Crippen molar-refractivity contribution in [1.29, 1.82) is 0 Å². The summed E-state index contributed by atoms with van der Waals surface area (Å²) in [7, 11) is 0. The number of hydrogen-bond acceptors (Lipinski definition) is 3. The third-order valence-corrected chi connectivity index (χ3v) is 4.95. The van der Waals surface area contributed by atoms with Gasteiger partial charge in [0.25, 0.3) is 5.91 Å². The number of aryl methyl sites for hydroxylation is 1. The van der Waals surface area contributed by atoms with Gasteiger partial charge < -0.3 is 15.0 Å². The average molecular weight is 397 g/mol. The maximum Gasteiger partial charge on any atom is 0.261 e. The Morgan fingerprint density at radius 3 is 2.34 bits per heavy atom. The lowest BCUT2D eigenvalue weighted by Crippen LogP contribution is -2.49. The molecule has 0 fully saturated rings. The fourth-order valence-corrected chi connectivity index (χ4v) is 2.92. The molecule has 1 N–H and O–H groups in total. The largest absolute Gasteiger partial charge is 0.483 e. The summed E-state index contributed by atoms with van der Waals surface area (Å²) < 4.78 is 5.80. The third-order valence-electron chi connectivity index (χ3n) is 4.95. The van der Waals surface area contributed by atoms with Crippen molar-refractivity contribution in [3.63, 3.8) is 0 Å². The van der Waals surface area contributed by atoms with E-state index in [2.05, 4.69) is 5.32 Å². The van der Waals surface area contributed by atoms with E-state index in [0.29, 0.717) is 24.8 Å². The smallest absolute Gasteiger partial charge is 0.261 e. The Kier molecular flexibility index (Phi) is 8.25. The number of ether oxygens (including phenoxy) is 1. The van der Waals surface area contributed by atoms with Crippen LogP contribution in [-0.4, -0.2) is 35.9 Å². The standard InChI is InChI=1S/C24H32N2O3/c1-17(2)14-25-24(28)20(5)26(15-21-11-7-6-8-12-21)23(27)16-29-22-13-9-10-18(3)19(22)4/h6-13,17,20H,14-16H2,1-5H3,(H,25,28)/t20-/m0/s1. The molecule has 2 aromatic carbocycles. The number of nitrogens with one attached hydrogen (secondary N) is 1. The molecule has 2 rings (SSSR count). The molecule has 0 aromatic heterocycles. The van der Waals surface area contributed by atoms with Crippen molar-refractivity contribution in [3.8, 4) is 5.75 Å². The fraction of sp³-hybridized carbons (Fsp3) is 0.417. The van der Waals surface area contributed by atoms with Crippen LogP contribution in [0.2, 0.25) is 0 Å². The van der Waals surface area contributed by atoms with Gasteiger partial charge >= 0.3 is 0 Å². The molecule has 156 valence electrons. The fourth-order valence-electron chi connectivity index (χ4n) is 2.92. The van der Waals surface area contributed by atoms with Crippen LogP contribution in [0.4, 0.5) is 0 Å². The van der Waals surface area contributed by atoms with E-state index in [1.54, 1.807) is 11.8 Å². The van der Waals surface area contributed by atoms with Gasteiger partial charge in [0.1, 0.15) is 11.8 Å². The van der Waals surface area contributed by atoms with Crippen LogP contribution < -0.4 is 10.1 Å². The van der Waals surface area contributed by atoms with Gasteiger partial charge in [-0.15, -0.1) is 0 Å². The van der Waals surface area contributed by atoms with Gasteiger partial charge in [-0.2, -0.15) is 0 Å². The first-order valence-corrected chi connectivity index (χ1v) is 10.1. The Labute approximate surface area is 174 Å². The maximum absolute atomic E-state index is 13.0. The van der Waals surface area contributed by atoms with Gasteiger partial charge in [0.2, 0.25) is 5.91 Å². The highest BCUT2D eigenvalue weighted by Gasteiger charge is 2.26. The first-order valence-electron chi connectivity index (χ1n) is 10.1. The topological polar surface area (TPSA) is 58.6 Å². The maximum atomic E-state index is 13.0. The molecule has 0 radical (unpaired) electrons. The van der Waals surface area contributed by atoms with Gasteiger partial charge in [0.15, 0.2) is 6.61 Å². The Morgan fingerprint density at radius 1 is 1.00 bits per heavy atom. The summed E-state index contributed by atoms with van der Waals surface area (Å²) in [6.45, 7) is 10.6. The van der Waals surface area contributed by atoms with E-state index >= 15 is 0 Å². The van der Waals surface area contributed by atoms with E-state index in [1.165, 1.54) is 0 Å². The Bertz CT molecular complexity index is 818. The van der Waals surface area contributed by atoms with E-state index < -0.39 is 6.04 Å². The van der Waals surface area contributed by atoms with Crippen molar-refractivity contribution in [3.05, 3.63) is 65.2 Å². The molecule has 1 atom stereocenters. The summed E-state index contributed by atoms with van der Waals surface area (Å²) in [6.07, 6.45) is 0. The molecule has 2 amide bonds. The predicted molar refractivity (Wildman–Crippen MR) is 116 cm³/mol. The molecule has 2 aromatic rings. The minimum atomic E-state index is -0.594. The van der Waals surface area contributed by atoms with Gasteiger partial charge in [-0.3, -0.25) is 9.59 Å². The minimum Gasteiger partial charge on any atom is -0.483 e. The van der Waals surface area contributed by atoms with Crippen molar-refractivity contribution < 1.29 is 14.3 Å². The molecule has 0 spiro atoms. The first-order chi connectivity index (χ1) is 13.8. The van der Waals surface area contributed by atoms with Crippen LogP contribution in [0.5, 0.6) is 5.75 Å². The summed E-state index contributed by atoms with van der Waals surface area (Å²) in [5.41, 5.74) is 3.09. The number of carbonyl (C=O) groups excluding carboxylic acids is 2. The summed E-state index contributed by atoms with van der Waals surface area (Å²) in [5.74, 6) is 0.656. The zero-order valence-corrected chi connectivity index (χ0v) is 18.1. The molecule has 0 saturated heterocycles. The Morgan fingerprint density at radius 2 is 1.69 bits per heavy atom. The van der Waals surface area contributed by atoms with E-state index in [-0.39, 0.29) is 18.4 Å². The van der Waals surface area contributed by atoms with E-state index in [4.69, 9.17) is 4.74 Å². The van der Waals surface area contributed by atoms with Crippen molar-refractivity contribution in [1.82, 2.24) is 10.2 Å². The summed E-state index contributed by atoms with van der Waals surface area (Å²) in [4.78, 5) is 27.2. The lowest BCUT2D eigenvalue weighted by atomic mass is 10.1. The highest BCUT2D eigenvalue weighted by molar-refractivity contribution is 5.88. The highest BCUT2D eigenvalue weighted by Crippen LogP contribution is 2.21. The van der Waals surface area contributed by atoms with Crippen molar-refractivity contribution in [2.75, 3.05) is 13.2 Å². The molecule has 0 aliphatic heterocycles. The minimum absolute atomic E-state index is 0.112. The second-order valence-electron chi connectivity index (χ2n) is 7.81. The number of benzene rings is 2. The van der Waals surface area contributed by atoms with E-state index in [9.17, 15) is 9.59 Å². The Hall–Kier alpha value is -2.82. The molecule has 0 heterocycles. The summed E-state index contributed by atoms with van der Waals surface area (Å²) in [6, 6.07) is 14.9. The van der Waals surface area contributed by atoms with Crippen LogP contribution >= 0.6 is 0 Å². The van der Waals surface area contributed by atoms with Crippen molar-refractivity contribution in [2.24, 2.45) is 5.92 Å². The number of carbonyl (C=O) groups is 2. The van der Waals surface area contributed by atoms with Crippen LogP contribution in [0.1, 0.15) is 37.5 Å². The normalized spacial score (nSPS) is 11.8. The number of rotatable bonds is 9. The van der Waals surface area contributed by atoms with Crippen LogP contribution in [0.25, 0.3) is 0 Å². The van der Waals surface area contributed by atoms with Crippen LogP contribution in [-0.2, 0) is 16.1 Å². The van der Waals surface area contributed by atoms with Gasteiger partial charge in [-0.05, 0) is 49.4 Å². The van der Waals surface area contributed by atoms with Gasteiger partial charge in [-0.1, -0.05) is 56.3 Å². The van der Waals surface area contributed by atoms with Gasteiger partial charge in [0, 0.05) is 13.1 Å². The molecule has 0 aliphatic carbocycles. The monoisotopic (exact) mass is 396 g/mol. The van der Waals surface area contributed by atoms with Crippen LogP contribution in [0.3, 0.4) is 0 Å². The molecule has 0 aliphatic rings. The molecule has 0 saturated carbocycles. The lowest BCUT2D eigenvalue weighted by Gasteiger charge is -2.29. The quantitative estimate of drug-likeness (QED) is 0.700. The summed E-state index contributed by atoms with van der Waals surface area (Å²) >= 11 is 0. The SMILES string of the molecule is Cc1cccc(OCC(=O)N(Cc2ccccc2)[C@@H](C)C(=O)NCC(C)C)c1C. The summed E-state index contributed by atoms with van der Waals surface area (Å²) in [5, 5.41) is 2.92. The molecule has 0 unspecified atom stereocenters. The van der Waals surface area contributed by atoms with Crippen LogP contribution in [0.15, 0.2) is 48.5 Å². The number of hydrogen-bond donors (Lipinski definition) is 1. The average Bonchev–Trinajstić information content (AvgIpc) is 2.71. The zero-order valence-electron chi connectivity index (χ0n) is 18.1. The van der Waals surface area contributed by atoms with Crippen molar-refractivity contribution in [2.45, 2.75) is 47.2 Å². The highest BCUT2D eigenvalue weighted by atomic mass is 16.5. The second kappa shape index (κ2) is 10.6. The zero-order chi connectivity index (χ0) is 21.4. The number of amides is 2. The molecule has 29 heavy (non-hydrogen) atoms. The number of nitrogens with zero attached hydrogens (tertiary/aromatic N) is 1. The second-order valence-corrected chi connectivity index (χ2v) is 7.81. The molecule has 0 bridgehead atoms. The first kappa shape index (κ1) is 22.5. The molecular weight excluding hydrogens is 364 g/mol. The van der Waals surface area contributed by atoms with E-state index in [1.807, 2.05) is 76.2 Å². The lowest BCUT2D eigenvalue weighted by molar-refractivity contribution is -0.142. The molecule has 5 nitrogen and oxygen atoms in total. The van der Waals surface area contributed by atoms with Gasteiger partial charge in [0.05, 0.1) is 0 Å². The van der Waals surface area contributed by atoms with Gasteiger partial charge in [-0.25, -0.2) is 0 Å². The van der Waals surface area contributed by atoms with Crippen molar-refractivity contribution >= 4 is 11.8 Å². The molecular formula is C24H32N2O3. The third kappa shape index (κ3) is 6.63. The molecule has 5 heteroatoms. The van der Waals surface area contributed by atoms with E-state index in [0.717, 1.165) is 16.7 Å². The predicted octanol–water partition coefficient (Wildman–Crippen LogP) is 3.87.